The summed E-state index contributed by atoms with van der Waals surface area (Å²) in [6, 6.07) is 8.91. The first-order valence-electron chi connectivity index (χ1n) is 11.6. The summed E-state index contributed by atoms with van der Waals surface area (Å²) in [7, 11) is -0.138. The van der Waals surface area contributed by atoms with Crippen LogP contribution in [0.3, 0.4) is 0 Å². The summed E-state index contributed by atoms with van der Waals surface area (Å²) >= 11 is 0. The average molecular weight is 427 g/mol. The molecule has 0 bridgehead atoms. The van der Waals surface area contributed by atoms with Crippen LogP contribution in [0, 0.1) is 11.3 Å². The number of fused-ring (bicyclic) bond motifs is 1. The molecule has 0 saturated heterocycles. The van der Waals surface area contributed by atoms with E-state index in [1.807, 2.05) is 32.0 Å². The van der Waals surface area contributed by atoms with E-state index < -0.39 is 24.6 Å². The van der Waals surface area contributed by atoms with Crippen LogP contribution in [0.1, 0.15) is 51.8 Å². The standard InChI is InChI=1S/C25H28O6/c1-14(2)23(25(12-13-25)24(27)28)31-21-18(9-11-20(29-3)22(21)30-4)15-6-5-7-17-16(15)8-10-19(17)26/h5-7,9,11,14,23H,8,10,12-13H2,1-4H3,(H,27,28)/i3D2. The van der Waals surface area contributed by atoms with Crippen LogP contribution < -0.4 is 14.2 Å². The van der Waals surface area contributed by atoms with Gasteiger partial charge >= 0.3 is 5.97 Å². The molecule has 2 aromatic rings. The van der Waals surface area contributed by atoms with Crippen LogP contribution in [0.5, 0.6) is 17.2 Å². The molecule has 4 rings (SSSR count). The fourth-order valence-electron chi connectivity index (χ4n) is 4.67. The predicted octanol–water partition coefficient (Wildman–Crippen LogP) is 4.77. The first kappa shape index (κ1) is 18.7. The third-order valence-electron chi connectivity index (χ3n) is 6.39. The van der Waals surface area contributed by atoms with Crippen LogP contribution >= 0.6 is 0 Å². The molecule has 0 aliphatic heterocycles. The molecule has 0 amide bonds. The molecule has 0 spiro atoms. The molecule has 0 heterocycles. The maximum absolute atomic E-state index is 12.3. The fourth-order valence-corrected chi connectivity index (χ4v) is 4.67. The van der Waals surface area contributed by atoms with Crippen molar-refractivity contribution in [2.24, 2.45) is 11.3 Å². The average Bonchev–Trinajstić information content (AvgIpc) is 3.48. The molecule has 1 fully saturated rings. The van der Waals surface area contributed by atoms with Gasteiger partial charge in [-0.15, -0.1) is 0 Å². The third kappa shape index (κ3) is 3.44. The van der Waals surface area contributed by atoms with Gasteiger partial charge in [-0.1, -0.05) is 32.0 Å². The Hall–Kier alpha value is -3.02. The van der Waals surface area contributed by atoms with Crippen LogP contribution in [-0.4, -0.2) is 37.1 Å². The number of ether oxygens (including phenoxy) is 3. The zero-order valence-corrected chi connectivity index (χ0v) is 17.9. The smallest absolute Gasteiger partial charge is 0.313 e. The summed E-state index contributed by atoms with van der Waals surface area (Å²) in [5, 5.41) is 9.92. The Morgan fingerprint density at radius 3 is 2.42 bits per heavy atom. The highest BCUT2D eigenvalue weighted by Gasteiger charge is 2.59. The number of Topliss-reactive ketones (excluding diaryl/α,β-unsaturated/α-hetero) is 1. The highest BCUT2D eigenvalue weighted by atomic mass is 16.5. The third-order valence-corrected chi connectivity index (χ3v) is 6.39. The Morgan fingerprint density at radius 1 is 1.06 bits per heavy atom. The van der Waals surface area contributed by atoms with E-state index in [1.165, 1.54) is 7.11 Å². The molecule has 0 radical (unpaired) electrons. The minimum atomic E-state index is -1.58. The predicted molar refractivity (Wildman–Crippen MR) is 116 cm³/mol. The lowest BCUT2D eigenvalue weighted by molar-refractivity contribution is -0.148. The zero-order valence-electron chi connectivity index (χ0n) is 19.9. The molecule has 1 saturated carbocycles. The van der Waals surface area contributed by atoms with Crippen LogP contribution in [0.25, 0.3) is 11.1 Å². The largest absolute Gasteiger partial charge is 0.493 e. The van der Waals surface area contributed by atoms with Gasteiger partial charge in [-0.05, 0) is 48.4 Å². The van der Waals surface area contributed by atoms with Gasteiger partial charge in [-0.3, -0.25) is 9.59 Å². The van der Waals surface area contributed by atoms with Gasteiger partial charge in [0.05, 0.1) is 16.9 Å². The molecule has 31 heavy (non-hydrogen) atoms. The van der Waals surface area contributed by atoms with Gasteiger partial charge in [0.1, 0.15) is 11.5 Å². The molecule has 164 valence electrons. The van der Waals surface area contributed by atoms with Gasteiger partial charge in [-0.2, -0.15) is 0 Å². The molecule has 6 heteroatoms. The fraction of sp³-hybridized carbons (Fsp3) is 0.440. The summed E-state index contributed by atoms with van der Waals surface area (Å²) in [6.07, 6.45) is 1.47. The summed E-state index contributed by atoms with van der Waals surface area (Å²) in [6.45, 7) is 3.84. The van der Waals surface area contributed by atoms with Crippen molar-refractivity contribution in [3.8, 4) is 28.4 Å². The monoisotopic (exact) mass is 426 g/mol. The molecule has 6 nitrogen and oxygen atoms in total. The Kier molecular flexibility index (Phi) is 4.78. The number of hydrogen-bond acceptors (Lipinski definition) is 5. The lowest BCUT2D eigenvalue weighted by Gasteiger charge is -2.30. The maximum atomic E-state index is 12.3. The quantitative estimate of drug-likeness (QED) is 0.655. The molecule has 2 aromatic carbocycles. The van der Waals surface area contributed by atoms with Gasteiger partial charge in [0, 0.05) is 17.5 Å². The van der Waals surface area contributed by atoms with E-state index in [4.69, 9.17) is 17.0 Å². The second kappa shape index (κ2) is 7.91. The molecular weight excluding hydrogens is 396 g/mol. The lowest BCUT2D eigenvalue weighted by atomic mass is 9.89. The van der Waals surface area contributed by atoms with Crippen molar-refractivity contribution in [1.82, 2.24) is 0 Å². The number of methoxy groups -OCH3 is 2. The van der Waals surface area contributed by atoms with Crippen molar-refractivity contribution in [3.63, 3.8) is 0 Å². The molecule has 1 N–H and O–H groups in total. The summed E-state index contributed by atoms with van der Waals surface area (Å²) in [5.41, 5.74) is 2.09. The van der Waals surface area contributed by atoms with Gasteiger partial charge in [0.25, 0.3) is 0 Å². The van der Waals surface area contributed by atoms with Crippen molar-refractivity contribution >= 4 is 11.8 Å². The molecule has 2 aliphatic rings. The molecule has 0 aromatic heterocycles. The highest BCUT2D eigenvalue weighted by Crippen LogP contribution is 2.55. The Labute approximate surface area is 184 Å². The van der Waals surface area contributed by atoms with Crippen LogP contribution in [0.2, 0.25) is 0 Å². The summed E-state index contributed by atoms with van der Waals surface area (Å²) < 4.78 is 32.4. The topological polar surface area (TPSA) is 82.1 Å². The van der Waals surface area contributed by atoms with E-state index >= 15 is 0 Å². The maximum Gasteiger partial charge on any atom is 0.313 e. The summed E-state index contributed by atoms with van der Waals surface area (Å²) in [5.74, 6) is -0.236. The second-order valence-corrected chi connectivity index (χ2v) is 8.59. The van der Waals surface area contributed by atoms with Gasteiger partial charge in [-0.25, -0.2) is 0 Å². The normalized spacial score (nSPS) is 18.3. The van der Waals surface area contributed by atoms with E-state index in [2.05, 4.69) is 0 Å². The van der Waals surface area contributed by atoms with Gasteiger partial charge in [0.15, 0.2) is 17.3 Å². The lowest BCUT2D eigenvalue weighted by Crippen LogP contribution is -2.39. The van der Waals surface area contributed by atoms with Crippen molar-refractivity contribution in [1.29, 1.82) is 0 Å². The number of hydrogen-bond donors (Lipinski definition) is 1. The van der Waals surface area contributed by atoms with E-state index in [9.17, 15) is 14.7 Å². The number of ketones is 1. The number of carbonyl (C=O) groups excluding carboxylic acids is 1. The van der Waals surface area contributed by atoms with Crippen LogP contribution in [0.4, 0.5) is 0 Å². The van der Waals surface area contributed by atoms with E-state index in [0.717, 1.165) is 11.1 Å². The number of carboxylic acid groups (broad SMARTS) is 1. The van der Waals surface area contributed by atoms with E-state index in [-0.39, 0.29) is 23.2 Å². The van der Waals surface area contributed by atoms with Gasteiger partial charge < -0.3 is 19.3 Å². The highest BCUT2D eigenvalue weighted by molar-refractivity contribution is 6.02. The van der Waals surface area contributed by atoms with E-state index in [0.29, 0.717) is 42.6 Å². The minimum Gasteiger partial charge on any atom is -0.493 e. The molecule has 1 unspecified atom stereocenters. The Balaban J connectivity index is 1.90. The van der Waals surface area contributed by atoms with Crippen LogP contribution in [0.15, 0.2) is 30.3 Å². The second-order valence-electron chi connectivity index (χ2n) is 8.59. The Bertz CT molecular complexity index is 1090. The number of aliphatic carboxylic acids is 1. The van der Waals surface area contributed by atoms with Crippen molar-refractivity contribution in [3.05, 3.63) is 41.5 Å². The zero-order chi connectivity index (χ0) is 23.9. The number of carboxylic acids is 1. The molecule has 2 aliphatic carbocycles. The molecular formula is C25H28O6. The van der Waals surface area contributed by atoms with E-state index in [1.54, 1.807) is 12.1 Å². The number of benzene rings is 2. The number of carbonyl (C=O) groups is 2. The first-order chi connectivity index (χ1) is 15.7. The summed E-state index contributed by atoms with van der Waals surface area (Å²) in [4.78, 5) is 24.4. The molecule has 1 atom stereocenters. The van der Waals surface area contributed by atoms with Crippen LogP contribution in [-0.2, 0) is 11.2 Å². The SMILES string of the molecule is [2H]C([2H])Oc1ccc(-c2cccc3c2CCC3=O)c(OC(C(C)C)C2(C(=O)O)CC2)c1OC. The van der Waals surface area contributed by atoms with Gasteiger partial charge in [0.2, 0.25) is 5.75 Å². The Morgan fingerprint density at radius 2 is 1.81 bits per heavy atom. The minimum absolute atomic E-state index is 0.0929. The number of rotatable bonds is 8. The van der Waals surface area contributed by atoms with Crippen molar-refractivity contribution < 1.29 is 31.6 Å². The van der Waals surface area contributed by atoms with Crippen molar-refractivity contribution in [2.75, 3.05) is 14.2 Å². The van der Waals surface area contributed by atoms with Crippen molar-refractivity contribution in [2.45, 2.75) is 45.6 Å². The first-order valence-corrected chi connectivity index (χ1v) is 10.5.